The first-order valence-electron chi connectivity index (χ1n) is 8.70. The SMILES string of the molecule is Cc1noc(CN2CCC(Nc3nccc(N4CCOCC4)n3)C2)n1. The van der Waals surface area contributed by atoms with Gasteiger partial charge in [-0.15, -0.1) is 0 Å². The second-order valence-corrected chi connectivity index (χ2v) is 6.44. The van der Waals surface area contributed by atoms with Gasteiger partial charge in [0.25, 0.3) is 0 Å². The van der Waals surface area contributed by atoms with E-state index in [0.29, 0.717) is 30.3 Å². The fourth-order valence-corrected chi connectivity index (χ4v) is 3.26. The third-order valence-electron chi connectivity index (χ3n) is 4.51. The molecule has 1 N–H and O–H groups in total. The lowest BCUT2D eigenvalue weighted by atomic mass is 10.3. The van der Waals surface area contributed by atoms with Crippen LogP contribution in [0, 0.1) is 6.92 Å². The van der Waals surface area contributed by atoms with Crippen molar-refractivity contribution >= 4 is 11.8 Å². The predicted molar refractivity (Wildman–Crippen MR) is 91.4 cm³/mol. The number of anilines is 2. The number of rotatable bonds is 5. The van der Waals surface area contributed by atoms with Gasteiger partial charge in [-0.05, 0) is 19.4 Å². The molecule has 4 heterocycles. The highest BCUT2D eigenvalue weighted by molar-refractivity contribution is 5.43. The molecule has 2 aliphatic rings. The molecule has 2 fully saturated rings. The maximum absolute atomic E-state index is 5.40. The molecule has 0 aliphatic carbocycles. The number of aryl methyl sites for hydroxylation is 1. The Hall–Kier alpha value is -2.26. The first kappa shape index (κ1) is 16.2. The predicted octanol–water partition coefficient (Wildman–Crippen LogP) is 0.691. The van der Waals surface area contributed by atoms with Crippen molar-refractivity contribution in [2.75, 3.05) is 49.6 Å². The summed E-state index contributed by atoms with van der Waals surface area (Å²) in [7, 11) is 0. The average molecular weight is 345 g/mol. The van der Waals surface area contributed by atoms with E-state index in [1.807, 2.05) is 19.2 Å². The van der Waals surface area contributed by atoms with Crippen LogP contribution in [0.3, 0.4) is 0 Å². The normalized spacial score (nSPS) is 21.6. The van der Waals surface area contributed by atoms with E-state index in [-0.39, 0.29) is 0 Å². The standard InChI is InChI=1S/C16H23N7O2/c1-12-18-15(25-21-12)11-22-5-3-13(10-22)19-16-17-4-2-14(20-16)23-6-8-24-9-7-23/h2,4,13H,3,5-11H2,1H3,(H,17,19,20). The summed E-state index contributed by atoms with van der Waals surface area (Å²) in [5.74, 6) is 2.99. The van der Waals surface area contributed by atoms with E-state index >= 15 is 0 Å². The van der Waals surface area contributed by atoms with Crippen molar-refractivity contribution in [2.24, 2.45) is 0 Å². The van der Waals surface area contributed by atoms with Crippen molar-refractivity contribution < 1.29 is 9.26 Å². The number of morpholine rings is 1. The van der Waals surface area contributed by atoms with Gasteiger partial charge in [-0.3, -0.25) is 4.90 Å². The smallest absolute Gasteiger partial charge is 0.240 e. The molecule has 0 radical (unpaired) electrons. The van der Waals surface area contributed by atoms with Crippen LogP contribution in [0.2, 0.25) is 0 Å². The molecule has 1 atom stereocenters. The van der Waals surface area contributed by atoms with Crippen LogP contribution in [0.4, 0.5) is 11.8 Å². The average Bonchev–Trinajstić information content (AvgIpc) is 3.25. The lowest BCUT2D eigenvalue weighted by Gasteiger charge is -2.28. The zero-order valence-electron chi connectivity index (χ0n) is 14.4. The quantitative estimate of drug-likeness (QED) is 0.840. The molecule has 0 bridgehead atoms. The second-order valence-electron chi connectivity index (χ2n) is 6.44. The monoisotopic (exact) mass is 345 g/mol. The zero-order valence-corrected chi connectivity index (χ0v) is 14.4. The Morgan fingerprint density at radius 3 is 2.92 bits per heavy atom. The molecule has 2 saturated heterocycles. The van der Waals surface area contributed by atoms with E-state index in [1.165, 1.54) is 0 Å². The van der Waals surface area contributed by atoms with Gasteiger partial charge in [-0.2, -0.15) is 9.97 Å². The molecule has 25 heavy (non-hydrogen) atoms. The number of nitrogens with one attached hydrogen (secondary N) is 1. The second kappa shape index (κ2) is 7.32. The Bertz CT molecular complexity index is 701. The van der Waals surface area contributed by atoms with Gasteiger partial charge in [0.15, 0.2) is 5.82 Å². The molecule has 2 aromatic heterocycles. The maximum Gasteiger partial charge on any atom is 0.240 e. The van der Waals surface area contributed by atoms with E-state index in [0.717, 1.165) is 51.6 Å². The summed E-state index contributed by atoms with van der Waals surface area (Å²) in [5, 5.41) is 7.29. The van der Waals surface area contributed by atoms with E-state index in [1.54, 1.807) is 0 Å². The summed E-state index contributed by atoms with van der Waals surface area (Å²) in [4.78, 5) is 17.8. The van der Waals surface area contributed by atoms with Crippen molar-refractivity contribution in [3.63, 3.8) is 0 Å². The molecule has 0 saturated carbocycles. The molecule has 9 heteroatoms. The Morgan fingerprint density at radius 1 is 1.24 bits per heavy atom. The minimum Gasteiger partial charge on any atom is -0.378 e. The molecule has 0 amide bonds. The van der Waals surface area contributed by atoms with Gasteiger partial charge >= 0.3 is 0 Å². The van der Waals surface area contributed by atoms with E-state index in [2.05, 4.69) is 35.2 Å². The van der Waals surface area contributed by atoms with Gasteiger partial charge in [-0.1, -0.05) is 5.16 Å². The van der Waals surface area contributed by atoms with Crippen molar-refractivity contribution in [2.45, 2.75) is 25.9 Å². The van der Waals surface area contributed by atoms with Crippen molar-refractivity contribution in [3.05, 3.63) is 24.0 Å². The van der Waals surface area contributed by atoms with Gasteiger partial charge in [0.1, 0.15) is 5.82 Å². The van der Waals surface area contributed by atoms with Crippen molar-refractivity contribution in [1.29, 1.82) is 0 Å². The summed E-state index contributed by atoms with van der Waals surface area (Å²) in [6, 6.07) is 2.28. The van der Waals surface area contributed by atoms with Gasteiger partial charge < -0.3 is 19.5 Å². The Balaban J connectivity index is 1.33. The fraction of sp³-hybridized carbons (Fsp3) is 0.625. The summed E-state index contributed by atoms with van der Waals surface area (Å²) in [6.45, 7) is 7.66. The molecular formula is C16H23N7O2. The molecule has 2 aliphatic heterocycles. The number of hydrogen-bond acceptors (Lipinski definition) is 9. The summed E-state index contributed by atoms with van der Waals surface area (Å²) < 4.78 is 10.6. The highest BCUT2D eigenvalue weighted by Gasteiger charge is 2.24. The molecule has 9 nitrogen and oxygen atoms in total. The Labute approximate surface area is 146 Å². The zero-order chi connectivity index (χ0) is 17.1. The third-order valence-corrected chi connectivity index (χ3v) is 4.51. The first-order valence-corrected chi connectivity index (χ1v) is 8.70. The van der Waals surface area contributed by atoms with Crippen molar-refractivity contribution in [1.82, 2.24) is 25.0 Å². The van der Waals surface area contributed by atoms with Crippen LogP contribution < -0.4 is 10.2 Å². The Morgan fingerprint density at radius 2 is 2.12 bits per heavy atom. The largest absolute Gasteiger partial charge is 0.378 e. The van der Waals surface area contributed by atoms with Crippen LogP contribution in [-0.4, -0.2) is 70.4 Å². The molecule has 1 unspecified atom stereocenters. The topological polar surface area (TPSA) is 92.4 Å². The highest BCUT2D eigenvalue weighted by Crippen LogP contribution is 2.18. The first-order chi connectivity index (χ1) is 12.3. The van der Waals surface area contributed by atoms with Gasteiger partial charge in [-0.25, -0.2) is 4.98 Å². The molecule has 0 spiro atoms. The van der Waals surface area contributed by atoms with Gasteiger partial charge in [0, 0.05) is 38.4 Å². The number of ether oxygens (including phenoxy) is 1. The number of aromatic nitrogens is 4. The van der Waals surface area contributed by atoms with E-state index in [4.69, 9.17) is 9.26 Å². The lowest BCUT2D eigenvalue weighted by Crippen LogP contribution is -2.37. The lowest BCUT2D eigenvalue weighted by molar-refractivity contribution is 0.122. The third kappa shape index (κ3) is 4.05. The van der Waals surface area contributed by atoms with Crippen LogP contribution in [-0.2, 0) is 11.3 Å². The minimum absolute atomic E-state index is 0.323. The van der Waals surface area contributed by atoms with Crippen molar-refractivity contribution in [3.8, 4) is 0 Å². The number of likely N-dealkylation sites (tertiary alicyclic amines) is 1. The van der Waals surface area contributed by atoms with Crippen LogP contribution in [0.5, 0.6) is 0 Å². The minimum atomic E-state index is 0.323. The van der Waals surface area contributed by atoms with Crippen LogP contribution >= 0.6 is 0 Å². The van der Waals surface area contributed by atoms with Crippen LogP contribution in [0.1, 0.15) is 18.1 Å². The van der Waals surface area contributed by atoms with E-state index in [9.17, 15) is 0 Å². The van der Waals surface area contributed by atoms with Crippen LogP contribution in [0.25, 0.3) is 0 Å². The van der Waals surface area contributed by atoms with Gasteiger partial charge in [0.2, 0.25) is 11.8 Å². The Kier molecular flexibility index (Phi) is 4.75. The summed E-state index contributed by atoms with van der Waals surface area (Å²) in [6.07, 6.45) is 2.85. The fourth-order valence-electron chi connectivity index (χ4n) is 3.26. The molecule has 134 valence electrons. The molecular weight excluding hydrogens is 322 g/mol. The molecule has 4 rings (SSSR count). The summed E-state index contributed by atoms with van der Waals surface area (Å²) >= 11 is 0. The summed E-state index contributed by atoms with van der Waals surface area (Å²) in [5.41, 5.74) is 0. The maximum atomic E-state index is 5.40. The highest BCUT2D eigenvalue weighted by atomic mass is 16.5. The number of nitrogens with zero attached hydrogens (tertiary/aromatic N) is 6. The van der Waals surface area contributed by atoms with E-state index < -0.39 is 0 Å². The van der Waals surface area contributed by atoms with Crippen LogP contribution in [0.15, 0.2) is 16.8 Å². The molecule has 0 aromatic carbocycles. The van der Waals surface area contributed by atoms with Gasteiger partial charge in [0.05, 0.1) is 19.8 Å². The number of hydrogen-bond donors (Lipinski definition) is 1. The molecule has 2 aromatic rings.